The van der Waals surface area contributed by atoms with Crippen molar-refractivity contribution in [2.45, 2.75) is 6.42 Å². The Bertz CT molecular complexity index is 1080. The van der Waals surface area contributed by atoms with E-state index < -0.39 is 0 Å². The largest absolute Gasteiger partial charge is 0.496 e. The highest BCUT2D eigenvalue weighted by Crippen LogP contribution is 2.24. The van der Waals surface area contributed by atoms with E-state index in [-0.39, 0.29) is 24.3 Å². The summed E-state index contributed by atoms with van der Waals surface area (Å²) >= 11 is 1.19. The molecule has 9 heteroatoms. The first-order chi connectivity index (χ1) is 14.1. The molecule has 2 heterocycles. The molecule has 0 fully saturated rings. The Morgan fingerprint density at radius 3 is 2.38 bits per heavy atom. The fraction of sp³-hybridized carbons (Fsp3) is 0.150. The number of hydrogen-bond acceptors (Lipinski definition) is 7. The highest BCUT2D eigenvalue weighted by atomic mass is 32.1. The van der Waals surface area contributed by atoms with Gasteiger partial charge >= 0.3 is 0 Å². The van der Waals surface area contributed by atoms with Gasteiger partial charge < -0.3 is 4.74 Å². The van der Waals surface area contributed by atoms with Crippen LogP contribution in [-0.2, 0) is 6.42 Å². The van der Waals surface area contributed by atoms with E-state index in [0.717, 1.165) is 0 Å². The van der Waals surface area contributed by atoms with Crippen molar-refractivity contribution in [1.29, 1.82) is 0 Å². The Balaban J connectivity index is 1.40. The van der Waals surface area contributed by atoms with Gasteiger partial charge in [-0.1, -0.05) is 35.6 Å². The average Bonchev–Trinajstić information content (AvgIpc) is 3.29. The van der Waals surface area contributed by atoms with Crippen LogP contribution in [0, 0.1) is 0 Å². The zero-order chi connectivity index (χ0) is 20.4. The quantitative estimate of drug-likeness (QED) is 0.629. The molecule has 0 atom stereocenters. The molecule has 1 aliphatic heterocycles. The zero-order valence-corrected chi connectivity index (χ0v) is 16.2. The van der Waals surface area contributed by atoms with E-state index in [1.807, 2.05) is 0 Å². The van der Waals surface area contributed by atoms with E-state index in [9.17, 15) is 14.4 Å². The minimum atomic E-state index is -0.356. The molecule has 2 aromatic carbocycles. The van der Waals surface area contributed by atoms with E-state index >= 15 is 0 Å². The molecule has 0 aliphatic carbocycles. The summed E-state index contributed by atoms with van der Waals surface area (Å²) in [6.45, 7) is 0.196. The van der Waals surface area contributed by atoms with Crippen LogP contribution >= 0.6 is 11.3 Å². The molecule has 0 saturated carbocycles. The van der Waals surface area contributed by atoms with Crippen molar-refractivity contribution in [3.63, 3.8) is 0 Å². The molecule has 0 unspecified atom stereocenters. The number of hydrogen-bond donors (Lipinski definition) is 1. The maximum Gasteiger partial charge on any atom is 0.261 e. The molecule has 1 N–H and O–H groups in total. The molecule has 1 aromatic heterocycles. The third-order valence-corrected chi connectivity index (χ3v) is 5.36. The van der Waals surface area contributed by atoms with Gasteiger partial charge in [0.25, 0.3) is 17.7 Å². The predicted octanol–water partition coefficient (Wildman–Crippen LogP) is 2.64. The summed E-state index contributed by atoms with van der Waals surface area (Å²) in [4.78, 5) is 38.4. The van der Waals surface area contributed by atoms with Crippen LogP contribution in [0.2, 0.25) is 0 Å². The van der Waals surface area contributed by atoms with Crippen LogP contribution in [0.15, 0.2) is 48.5 Å². The molecule has 0 radical (unpaired) electrons. The topological polar surface area (TPSA) is 101 Å². The smallest absolute Gasteiger partial charge is 0.261 e. The summed E-state index contributed by atoms with van der Waals surface area (Å²) in [5.74, 6) is -0.509. The number of amides is 3. The van der Waals surface area contributed by atoms with Crippen LogP contribution in [0.5, 0.6) is 5.75 Å². The fourth-order valence-electron chi connectivity index (χ4n) is 3.05. The molecular formula is C20H16N4O4S. The Labute approximate surface area is 170 Å². The van der Waals surface area contributed by atoms with Crippen LogP contribution in [-0.4, -0.2) is 46.5 Å². The van der Waals surface area contributed by atoms with Gasteiger partial charge in [-0.15, -0.1) is 10.2 Å². The lowest BCUT2D eigenvalue weighted by atomic mass is 10.1. The molecule has 4 rings (SSSR count). The number of methoxy groups -OCH3 is 1. The van der Waals surface area contributed by atoms with Crippen molar-refractivity contribution in [3.05, 3.63) is 70.2 Å². The highest BCUT2D eigenvalue weighted by Gasteiger charge is 2.34. The number of fused-ring (bicyclic) bond motifs is 1. The van der Waals surface area contributed by atoms with Gasteiger partial charge in [0, 0.05) is 13.0 Å². The number of aromatic nitrogens is 2. The first-order valence-electron chi connectivity index (χ1n) is 8.80. The van der Waals surface area contributed by atoms with Crippen LogP contribution < -0.4 is 10.1 Å². The average molecular weight is 408 g/mol. The predicted molar refractivity (Wildman–Crippen MR) is 106 cm³/mol. The Hall–Kier alpha value is -3.59. The van der Waals surface area contributed by atoms with Crippen molar-refractivity contribution in [1.82, 2.24) is 15.1 Å². The monoisotopic (exact) mass is 408 g/mol. The number of anilines is 1. The summed E-state index contributed by atoms with van der Waals surface area (Å²) in [5.41, 5.74) is 1.22. The van der Waals surface area contributed by atoms with Crippen LogP contribution in [0.3, 0.4) is 0 Å². The molecule has 3 amide bonds. The summed E-state index contributed by atoms with van der Waals surface area (Å²) in [5, 5.41) is 11.6. The molecule has 0 spiro atoms. The van der Waals surface area contributed by atoms with Gasteiger partial charge in [0.15, 0.2) is 0 Å². The van der Waals surface area contributed by atoms with E-state index in [2.05, 4.69) is 15.5 Å². The first kappa shape index (κ1) is 18.8. The number of nitrogens with zero attached hydrogens (tertiary/aromatic N) is 3. The number of rotatable bonds is 6. The lowest BCUT2D eigenvalue weighted by Gasteiger charge is -2.12. The second-order valence-electron chi connectivity index (χ2n) is 6.21. The van der Waals surface area contributed by atoms with Crippen molar-refractivity contribution < 1.29 is 19.1 Å². The molecule has 146 valence electrons. The van der Waals surface area contributed by atoms with Crippen LogP contribution in [0.4, 0.5) is 5.13 Å². The zero-order valence-electron chi connectivity index (χ0n) is 15.4. The van der Waals surface area contributed by atoms with Gasteiger partial charge in [0.05, 0.1) is 23.8 Å². The maximum atomic E-state index is 12.4. The van der Waals surface area contributed by atoms with E-state index in [1.54, 1.807) is 48.5 Å². The Kier molecular flexibility index (Phi) is 5.05. The Morgan fingerprint density at radius 1 is 1.03 bits per heavy atom. The molecule has 1 aliphatic rings. The molecule has 0 saturated heterocycles. The van der Waals surface area contributed by atoms with Crippen LogP contribution in [0.25, 0.3) is 0 Å². The van der Waals surface area contributed by atoms with Crippen molar-refractivity contribution in [2.75, 3.05) is 19.0 Å². The standard InChI is InChI=1S/C20H16N4O4S/c1-28-15-9-5-4-8-14(15)17(25)21-20-23-22-16(29-20)10-11-24-18(26)12-6-2-3-7-13(12)19(24)27/h2-9H,10-11H2,1H3,(H,21,23,25). The minimum absolute atomic E-state index is 0.196. The normalized spacial score (nSPS) is 12.8. The summed E-state index contributed by atoms with van der Waals surface area (Å²) in [6.07, 6.45) is 0.355. The minimum Gasteiger partial charge on any atom is -0.496 e. The van der Waals surface area contributed by atoms with E-state index in [0.29, 0.717) is 39.0 Å². The fourth-order valence-corrected chi connectivity index (χ4v) is 3.78. The van der Waals surface area contributed by atoms with Crippen molar-refractivity contribution in [3.8, 4) is 5.75 Å². The number of nitrogens with one attached hydrogen (secondary N) is 1. The molecular weight excluding hydrogens is 392 g/mol. The van der Waals surface area contributed by atoms with Gasteiger partial charge in [-0.3, -0.25) is 24.6 Å². The Morgan fingerprint density at radius 2 is 1.69 bits per heavy atom. The summed E-state index contributed by atoms with van der Waals surface area (Å²) < 4.78 is 5.19. The lowest BCUT2D eigenvalue weighted by molar-refractivity contribution is 0.0655. The van der Waals surface area contributed by atoms with Gasteiger partial charge in [-0.2, -0.15) is 0 Å². The molecule has 8 nitrogen and oxygen atoms in total. The lowest BCUT2D eigenvalue weighted by Crippen LogP contribution is -2.31. The van der Waals surface area contributed by atoms with E-state index in [1.165, 1.54) is 23.3 Å². The summed E-state index contributed by atoms with van der Waals surface area (Å²) in [7, 11) is 1.49. The third kappa shape index (κ3) is 3.59. The first-order valence-corrected chi connectivity index (χ1v) is 9.62. The number of ether oxygens (including phenoxy) is 1. The van der Waals surface area contributed by atoms with Gasteiger partial charge in [-0.05, 0) is 24.3 Å². The number of para-hydroxylation sites is 1. The molecule has 3 aromatic rings. The van der Waals surface area contributed by atoms with Crippen molar-refractivity contribution in [2.24, 2.45) is 0 Å². The SMILES string of the molecule is COc1ccccc1C(=O)Nc1nnc(CCN2C(=O)c3ccccc3C2=O)s1. The molecule has 29 heavy (non-hydrogen) atoms. The van der Waals surface area contributed by atoms with E-state index in [4.69, 9.17) is 4.74 Å². The maximum absolute atomic E-state index is 12.4. The second kappa shape index (κ2) is 7.80. The summed E-state index contributed by atoms with van der Waals surface area (Å²) in [6, 6.07) is 13.6. The van der Waals surface area contributed by atoms with Gasteiger partial charge in [0.1, 0.15) is 10.8 Å². The number of benzene rings is 2. The number of imide groups is 1. The highest BCUT2D eigenvalue weighted by molar-refractivity contribution is 7.15. The number of carbonyl (C=O) groups excluding carboxylic acids is 3. The molecule has 0 bridgehead atoms. The number of carbonyl (C=O) groups is 3. The second-order valence-corrected chi connectivity index (χ2v) is 7.27. The third-order valence-electron chi connectivity index (χ3n) is 4.47. The van der Waals surface area contributed by atoms with Gasteiger partial charge in [0.2, 0.25) is 5.13 Å². The van der Waals surface area contributed by atoms with Gasteiger partial charge in [-0.25, -0.2) is 0 Å². The van der Waals surface area contributed by atoms with Crippen LogP contribution in [0.1, 0.15) is 36.1 Å². The van der Waals surface area contributed by atoms with Crippen molar-refractivity contribution >= 4 is 34.2 Å².